The van der Waals surface area contributed by atoms with E-state index in [1.165, 1.54) is 26.2 Å². The molecule has 0 aromatic heterocycles. The van der Waals surface area contributed by atoms with E-state index in [0.29, 0.717) is 0 Å². The Kier molecular flexibility index (Phi) is 9.64. The fraction of sp³-hybridized carbons (Fsp3) is 0.467. The Balaban J connectivity index is 0.000000321. The van der Waals surface area contributed by atoms with Crippen LogP contribution in [0.4, 0.5) is 0 Å². The van der Waals surface area contributed by atoms with Crippen LogP contribution in [-0.2, 0) is 9.53 Å². The van der Waals surface area contributed by atoms with E-state index in [2.05, 4.69) is 6.92 Å². The van der Waals surface area contributed by atoms with Crippen molar-refractivity contribution in [1.82, 2.24) is 0 Å². The molecule has 3 heteroatoms. The first-order valence-corrected chi connectivity index (χ1v) is 6.22. The zero-order valence-corrected chi connectivity index (χ0v) is 11.5. The molecular formula is C15H21LiO2. The molecule has 1 aromatic rings. The van der Waals surface area contributed by atoms with Crippen LogP contribution < -0.4 is 18.9 Å². The van der Waals surface area contributed by atoms with E-state index in [-0.39, 0.29) is 30.9 Å². The molecule has 0 radical (unpaired) electrons. The molecule has 0 atom stereocenters. The van der Waals surface area contributed by atoms with Gasteiger partial charge < -0.3 is 4.74 Å². The summed E-state index contributed by atoms with van der Waals surface area (Å²) in [5.74, 6) is -0.132. The van der Waals surface area contributed by atoms with Gasteiger partial charge in [0.05, 0.1) is 0 Å². The van der Waals surface area contributed by atoms with Gasteiger partial charge >= 0.3 is 24.8 Å². The third-order valence-corrected chi connectivity index (χ3v) is 2.73. The van der Waals surface area contributed by atoms with Crippen molar-refractivity contribution in [3.05, 3.63) is 42.8 Å². The topological polar surface area (TPSA) is 26.3 Å². The fourth-order valence-electron chi connectivity index (χ4n) is 1.90. The minimum absolute atomic E-state index is 0. The largest absolute Gasteiger partial charge is 1.00 e. The number of hydrogen-bond donors (Lipinski definition) is 0. The van der Waals surface area contributed by atoms with Gasteiger partial charge in [-0.3, -0.25) is 4.79 Å². The number of carbonyl (C=O) groups is 1. The number of esters is 1. The minimum atomic E-state index is -0.132. The van der Waals surface area contributed by atoms with Crippen LogP contribution in [0, 0.1) is 6.92 Å². The summed E-state index contributed by atoms with van der Waals surface area (Å²) in [6, 6.07) is 9.87. The quantitative estimate of drug-likeness (QED) is 0.411. The van der Waals surface area contributed by atoms with E-state index in [1.807, 2.05) is 30.3 Å². The first-order valence-electron chi connectivity index (χ1n) is 6.22. The normalized spacial score (nSPS) is 14.7. The van der Waals surface area contributed by atoms with E-state index >= 15 is 0 Å². The van der Waals surface area contributed by atoms with Crippen LogP contribution in [0.1, 0.15) is 44.6 Å². The van der Waals surface area contributed by atoms with Crippen molar-refractivity contribution >= 4 is 5.97 Å². The minimum Gasteiger partial charge on any atom is -0.463 e. The van der Waals surface area contributed by atoms with Gasteiger partial charge in [0.15, 0.2) is 0 Å². The maximum Gasteiger partial charge on any atom is 1.00 e. The second-order valence-corrected chi connectivity index (χ2v) is 4.36. The third-order valence-electron chi connectivity index (χ3n) is 2.73. The molecule has 0 N–H and O–H groups in total. The van der Waals surface area contributed by atoms with E-state index in [0.717, 1.165) is 18.4 Å². The Labute approximate surface area is 122 Å². The molecule has 1 aliphatic carbocycles. The molecule has 0 spiro atoms. The van der Waals surface area contributed by atoms with E-state index in [4.69, 9.17) is 4.74 Å². The maximum absolute atomic E-state index is 10.5. The summed E-state index contributed by atoms with van der Waals surface area (Å²) < 4.78 is 5.05. The standard InChI is InChI=1S/C8H14O2.C7H7.Li/c1-7(9)10-8-5-3-2-4-6-8;1-7-5-3-2-4-6-7;/h8H,2-6H2,1H3;2-6H,1H2;/q;-1;+1. The molecule has 0 unspecified atom stereocenters. The summed E-state index contributed by atoms with van der Waals surface area (Å²) in [5, 5.41) is 0. The van der Waals surface area contributed by atoms with Gasteiger partial charge in [-0.2, -0.15) is 24.6 Å². The van der Waals surface area contributed by atoms with Gasteiger partial charge in [0.2, 0.25) is 0 Å². The molecule has 1 saturated carbocycles. The number of ether oxygens (including phenoxy) is 1. The van der Waals surface area contributed by atoms with Crippen LogP contribution in [0.5, 0.6) is 0 Å². The van der Waals surface area contributed by atoms with Gasteiger partial charge in [0.25, 0.3) is 0 Å². The molecule has 0 amide bonds. The SMILES string of the molecule is CC(=O)OC1CCCCC1.[CH2-]c1ccccc1.[Li+]. The maximum atomic E-state index is 10.5. The average molecular weight is 240 g/mol. The van der Waals surface area contributed by atoms with E-state index < -0.39 is 0 Å². The molecular weight excluding hydrogens is 219 g/mol. The Morgan fingerprint density at radius 1 is 1.17 bits per heavy atom. The summed E-state index contributed by atoms with van der Waals surface area (Å²) in [4.78, 5) is 10.5. The number of hydrogen-bond acceptors (Lipinski definition) is 2. The van der Waals surface area contributed by atoms with Crippen LogP contribution >= 0.6 is 0 Å². The van der Waals surface area contributed by atoms with E-state index in [1.54, 1.807) is 0 Å². The predicted molar refractivity (Wildman–Crippen MR) is 69.5 cm³/mol. The Bertz CT molecular complexity index is 319. The first-order chi connectivity index (χ1) is 8.18. The Hall–Kier alpha value is -0.843. The Morgan fingerprint density at radius 3 is 2.11 bits per heavy atom. The van der Waals surface area contributed by atoms with Crippen molar-refractivity contribution < 1.29 is 28.4 Å². The van der Waals surface area contributed by atoms with Crippen LogP contribution in [0.15, 0.2) is 30.3 Å². The van der Waals surface area contributed by atoms with Gasteiger partial charge in [-0.15, -0.1) is 12.1 Å². The summed E-state index contributed by atoms with van der Waals surface area (Å²) >= 11 is 0. The molecule has 0 aliphatic heterocycles. The van der Waals surface area contributed by atoms with Crippen LogP contribution in [0.25, 0.3) is 0 Å². The number of rotatable bonds is 1. The van der Waals surface area contributed by atoms with Crippen LogP contribution in [0.2, 0.25) is 0 Å². The Morgan fingerprint density at radius 2 is 1.72 bits per heavy atom. The van der Waals surface area contributed by atoms with Crippen molar-refractivity contribution in [3.63, 3.8) is 0 Å². The fourth-order valence-corrected chi connectivity index (χ4v) is 1.90. The molecule has 1 aromatic carbocycles. The van der Waals surface area contributed by atoms with Crippen molar-refractivity contribution in [3.8, 4) is 0 Å². The van der Waals surface area contributed by atoms with Gasteiger partial charge in [0.1, 0.15) is 6.10 Å². The molecule has 2 rings (SSSR count). The number of carbonyl (C=O) groups excluding carboxylic acids is 1. The molecule has 0 bridgehead atoms. The average Bonchev–Trinajstić information content (AvgIpc) is 2.31. The second-order valence-electron chi connectivity index (χ2n) is 4.36. The molecule has 2 nitrogen and oxygen atoms in total. The number of benzene rings is 1. The molecule has 94 valence electrons. The first kappa shape index (κ1) is 17.2. The third kappa shape index (κ3) is 8.28. The molecule has 0 heterocycles. The second kappa shape index (κ2) is 10.1. The van der Waals surface area contributed by atoms with Gasteiger partial charge in [0, 0.05) is 6.92 Å². The van der Waals surface area contributed by atoms with Gasteiger partial charge in [-0.1, -0.05) is 12.5 Å². The molecule has 18 heavy (non-hydrogen) atoms. The predicted octanol–water partition coefficient (Wildman–Crippen LogP) is 0.755. The zero-order chi connectivity index (χ0) is 12.5. The summed E-state index contributed by atoms with van der Waals surface area (Å²) in [6.07, 6.45) is 6.11. The van der Waals surface area contributed by atoms with Crippen molar-refractivity contribution in [2.75, 3.05) is 0 Å². The molecule has 1 aliphatic rings. The van der Waals surface area contributed by atoms with Crippen molar-refractivity contribution in [1.29, 1.82) is 0 Å². The van der Waals surface area contributed by atoms with E-state index in [9.17, 15) is 4.79 Å². The van der Waals surface area contributed by atoms with Crippen LogP contribution in [0.3, 0.4) is 0 Å². The zero-order valence-electron chi connectivity index (χ0n) is 11.5. The molecule has 0 saturated heterocycles. The van der Waals surface area contributed by atoms with Gasteiger partial charge in [-0.05, 0) is 25.7 Å². The van der Waals surface area contributed by atoms with Crippen molar-refractivity contribution in [2.45, 2.75) is 45.1 Å². The molecule has 1 fully saturated rings. The summed E-state index contributed by atoms with van der Waals surface area (Å²) in [5.41, 5.74) is 1.07. The van der Waals surface area contributed by atoms with Crippen molar-refractivity contribution in [2.24, 2.45) is 0 Å². The smallest absolute Gasteiger partial charge is 0.463 e. The van der Waals surface area contributed by atoms with Gasteiger partial charge in [-0.25, -0.2) is 0 Å². The summed E-state index contributed by atoms with van der Waals surface area (Å²) in [6.45, 7) is 5.20. The monoisotopic (exact) mass is 240 g/mol. The summed E-state index contributed by atoms with van der Waals surface area (Å²) in [7, 11) is 0. The van der Waals surface area contributed by atoms with Crippen LogP contribution in [-0.4, -0.2) is 12.1 Å².